The summed E-state index contributed by atoms with van der Waals surface area (Å²) in [5.41, 5.74) is 9.08. The van der Waals surface area contributed by atoms with Crippen LogP contribution in [0.25, 0.3) is 33.6 Å². The van der Waals surface area contributed by atoms with Crippen LogP contribution in [0.1, 0.15) is 18.5 Å². The van der Waals surface area contributed by atoms with Gasteiger partial charge in [-0.25, -0.2) is 0 Å². The highest BCUT2D eigenvalue weighted by Gasteiger charge is 2.36. The molecular formula is C25H20BF4N. The standard InChI is InChI=1S/C25H20N.BF4/c1-18-22-14-8-9-15-23(22)25-17-21(19-10-4-2-5-11-19)16-24(26(18)25)20-12-6-3-7-13-20;2-1(3,4)5/h2-18H,1H3;/q+1;-1. The van der Waals surface area contributed by atoms with E-state index in [1.807, 2.05) is 0 Å². The molecule has 2 heterocycles. The molecule has 6 heteroatoms. The highest BCUT2D eigenvalue weighted by molar-refractivity contribution is 6.50. The molecule has 1 aliphatic rings. The van der Waals surface area contributed by atoms with Gasteiger partial charge in [0.1, 0.15) is 0 Å². The third-order valence-corrected chi connectivity index (χ3v) is 5.35. The van der Waals surface area contributed by atoms with Gasteiger partial charge in [0, 0.05) is 30.2 Å². The summed E-state index contributed by atoms with van der Waals surface area (Å²) in [4.78, 5) is 0. The first kappa shape index (κ1) is 20.9. The van der Waals surface area contributed by atoms with Gasteiger partial charge in [-0.15, -0.1) is 0 Å². The number of halogens is 4. The molecule has 0 saturated heterocycles. The highest BCUT2D eigenvalue weighted by Crippen LogP contribution is 2.38. The van der Waals surface area contributed by atoms with E-state index in [2.05, 4.69) is 109 Å². The average molecular weight is 421 g/mol. The van der Waals surface area contributed by atoms with Gasteiger partial charge < -0.3 is 17.3 Å². The smallest absolute Gasteiger partial charge is 0.418 e. The Morgan fingerprint density at radius 3 is 1.71 bits per heavy atom. The number of benzene rings is 3. The van der Waals surface area contributed by atoms with E-state index in [4.69, 9.17) is 0 Å². The van der Waals surface area contributed by atoms with Crippen LogP contribution in [0, 0.1) is 0 Å². The first-order chi connectivity index (χ1) is 14.8. The second kappa shape index (κ2) is 8.38. The normalized spacial score (nSPS) is 14.3. The molecule has 1 aromatic heterocycles. The van der Waals surface area contributed by atoms with Crippen LogP contribution < -0.4 is 4.57 Å². The number of hydrogen-bond donors (Lipinski definition) is 0. The molecule has 0 spiro atoms. The van der Waals surface area contributed by atoms with Crippen LogP contribution in [-0.2, 0) is 0 Å². The van der Waals surface area contributed by atoms with Crippen molar-refractivity contribution in [2.45, 2.75) is 13.0 Å². The molecule has 0 saturated carbocycles. The lowest BCUT2D eigenvalue weighted by Gasteiger charge is -2.10. The number of pyridine rings is 1. The molecule has 156 valence electrons. The second-order valence-electron chi connectivity index (χ2n) is 7.37. The van der Waals surface area contributed by atoms with E-state index in [-0.39, 0.29) is 0 Å². The van der Waals surface area contributed by atoms with Crippen molar-refractivity contribution in [3.05, 3.63) is 103 Å². The summed E-state index contributed by atoms with van der Waals surface area (Å²) in [6.45, 7) is 2.30. The predicted molar refractivity (Wildman–Crippen MR) is 117 cm³/mol. The zero-order chi connectivity index (χ0) is 22.0. The van der Waals surface area contributed by atoms with Crippen LogP contribution in [0.15, 0.2) is 97.1 Å². The molecule has 5 rings (SSSR count). The van der Waals surface area contributed by atoms with Gasteiger partial charge in [0.2, 0.25) is 11.4 Å². The van der Waals surface area contributed by atoms with Gasteiger partial charge in [0.25, 0.3) is 0 Å². The van der Waals surface area contributed by atoms with E-state index in [0.29, 0.717) is 6.04 Å². The van der Waals surface area contributed by atoms with E-state index in [1.165, 1.54) is 39.2 Å². The fourth-order valence-corrected chi connectivity index (χ4v) is 4.09. The quantitative estimate of drug-likeness (QED) is 0.183. The van der Waals surface area contributed by atoms with Crippen LogP contribution in [0.4, 0.5) is 17.3 Å². The summed E-state index contributed by atoms with van der Waals surface area (Å²) in [6, 6.07) is 35.1. The van der Waals surface area contributed by atoms with Gasteiger partial charge in [-0.1, -0.05) is 66.7 Å². The second-order valence-corrected chi connectivity index (χ2v) is 7.37. The molecule has 4 aromatic rings. The number of nitrogens with zero attached hydrogens (tertiary/aromatic N) is 1. The zero-order valence-corrected chi connectivity index (χ0v) is 16.9. The lowest BCUT2D eigenvalue weighted by molar-refractivity contribution is -0.683. The highest BCUT2D eigenvalue weighted by atomic mass is 19.5. The van der Waals surface area contributed by atoms with Crippen molar-refractivity contribution in [3.63, 3.8) is 0 Å². The molecule has 0 fully saturated rings. The molecule has 31 heavy (non-hydrogen) atoms. The Labute approximate surface area is 178 Å². The fraction of sp³-hybridized carbons (Fsp3) is 0.0800. The maximum absolute atomic E-state index is 9.75. The van der Waals surface area contributed by atoms with Crippen molar-refractivity contribution in [2.24, 2.45) is 0 Å². The average Bonchev–Trinajstić information content (AvgIpc) is 3.06. The molecule has 1 nitrogen and oxygen atoms in total. The Morgan fingerprint density at radius 2 is 1.10 bits per heavy atom. The third kappa shape index (κ3) is 4.53. The van der Waals surface area contributed by atoms with Crippen LogP contribution in [0.2, 0.25) is 0 Å². The first-order valence-electron chi connectivity index (χ1n) is 10.00. The summed E-state index contributed by atoms with van der Waals surface area (Å²) >= 11 is 0. The lowest BCUT2D eigenvalue weighted by atomic mass is 10.00. The Balaban J connectivity index is 0.000000418. The minimum absolute atomic E-state index is 0.334. The first-order valence-corrected chi connectivity index (χ1v) is 10.00. The third-order valence-electron chi connectivity index (χ3n) is 5.35. The van der Waals surface area contributed by atoms with Crippen LogP contribution in [0.3, 0.4) is 0 Å². The Bertz CT molecular complexity index is 1190. The molecule has 1 unspecified atom stereocenters. The summed E-state index contributed by atoms with van der Waals surface area (Å²) < 4.78 is 41.5. The number of aromatic nitrogens is 1. The fourth-order valence-electron chi connectivity index (χ4n) is 4.09. The van der Waals surface area contributed by atoms with E-state index >= 15 is 0 Å². The number of fused-ring (bicyclic) bond motifs is 3. The van der Waals surface area contributed by atoms with Crippen molar-refractivity contribution in [2.75, 3.05) is 0 Å². The molecule has 1 aliphatic heterocycles. The molecule has 0 bridgehead atoms. The van der Waals surface area contributed by atoms with E-state index in [0.717, 1.165) is 0 Å². The summed E-state index contributed by atoms with van der Waals surface area (Å²) in [7, 11) is -6.00. The van der Waals surface area contributed by atoms with Crippen LogP contribution in [-0.4, -0.2) is 7.25 Å². The summed E-state index contributed by atoms with van der Waals surface area (Å²) in [5.74, 6) is 0. The van der Waals surface area contributed by atoms with Crippen LogP contribution >= 0.6 is 0 Å². The molecule has 3 aromatic carbocycles. The predicted octanol–water partition coefficient (Wildman–Crippen LogP) is 7.20. The van der Waals surface area contributed by atoms with Crippen molar-refractivity contribution in [1.29, 1.82) is 0 Å². The maximum atomic E-state index is 9.75. The minimum Gasteiger partial charge on any atom is -0.418 e. The van der Waals surface area contributed by atoms with Crippen molar-refractivity contribution >= 4 is 7.25 Å². The summed E-state index contributed by atoms with van der Waals surface area (Å²) in [6.07, 6.45) is 0. The minimum atomic E-state index is -6.00. The molecule has 1 atom stereocenters. The van der Waals surface area contributed by atoms with E-state index in [9.17, 15) is 17.3 Å². The monoisotopic (exact) mass is 421 g/mol. The summed E-state index contributed by atoms with van der Waals surface area (Å²) in [5, 5.41) is 0. The number of hydrogen-bond acceptors (Lipinski definition) is 0. The molecule has 0 radical (unpaired) electrons. The van der Waals surface area contributed by atoms with Crippen molar-refractivity contribution in [1.82, 2.24) is 0 Å². The van der Waals surface area contributed by atoms with Gasteiger partial charge in [0.15, 0.2) is 6.04 Å². The zero-order valence-electron chi connectivity index (χ0n) is 16.9. The van der Waals surface area contributed by atoms with Gasteiger partial charge >= 0.3 is 7.25 Å². The van der Waals surface area contributed by atoms with Gasteiger partial charge in [-0.3, -0.25) is 0 Å². The SMILES string of the molecule is CC1c2ccccc2-c2cc(-c3ccccc3)cc(-c3ccccc3)[n+]21.F[B-](F)(F)F. The molecule has 0 amide bonds. The van der Waals surface area contributed by atoms with Gasteiger partial charge in [0.05, 0.1) is 5.56 Å². The molecule has 0 N–H and O–H groups in total. The molecular weight excluding hydrogens is 401 g/mol. The van der Waals surface area contributed by atoms with Gasteiger partial charge in [-0.05, 0) is 29.3 Å². The Morgan fingerprint density at radius 1 is 0.613 bits per heavy atom. The largest absolute Gasteiger partial charge is 0.673 e. The van der Waals surface area contributed by atoms with E-state index < -0.39 is 7.25 Å². The van der Waals surface area contributed by atoms with Crippen LogP contribution in [0.5, 0.6) is 0 Å². The maximum Gasteiger partial charge on any atom is 0.673 e. The van der Waals surface area contributed by atoms with Crippen molar-refractivity contribution < 1.29 is 21.8 Å². The van der Waals surface area contributed by atoms with Gasteiger partial charge in [-0.2, -0.15) is 4.57 Å². The molecule has 0 aliphatic carbocycles. The Kier molecular flexibility index (Phi) is 5.64. The number of rotatable bonds is 2. The van der Waals surface area contributed by atoms with E-state index in [1.54, 1.807) is 0 Å². The van der Waals surface area contributed by atoms with Crippen molar-refractivity contribution in [3.8, 4) is 33.6 Å². The lowest BCUT2D eigenvalue weighted by Crippen LogP contribution is -2.38. The topological polar surface area (TPSA) is 3.88 Å². The Hall–Kier alpha value is -3.41.